The zero-order chi connectivity index (χ0) is 19.4. The van der Waals surface area contributed by atoms with E-state index in [4.69, 9.17) is 10.9 Å². The largest absolute Gasteiger partial charge is 0.475 e. The first kappa shape index (κ1) is 18.8. The van der Waals surface area contributed by atoms with Crippen molar-refractivity contribution in [2.24, 2.45) is 5.84 Å². The topological polar surface area (TPSA) is 101 Å². The van der Waals surface area contributed by atoms with Crippen LogP contribution in [0.1, 0.15) is 53.1 Å². The number of hydrogen-bond donors (Lipinski definition) is 2. The Kier molecular flexibility index (Phi) is 5.66. The van der Waals surface area contributed by atoms with Crippen LogP contribution in [0.5, 0.6) is 0 Å². The molecule has 1 amide bonds. The summed E-state index contributed by atoms with van der Waals surface area (Å²) >= 11 is 0. The average molecular weight is 366 g/mol. The van der Waals surface area contributed by atoms with Crippen LogP contribution in [0.15, 0.2) is 48.5 Å². The van der Waals surface area contributed by atoms with Crippen LogP contribution in [0, 0.1) is 0 Å². The van der Waals surface area contributed by atoms with Crippen molar-refractivity contribution < 1.29 is 19.5 Å². The molecule has 3 rings (SSSR count). The molecule has 6 nitrogen and oxygen atoms in total. The minimum Gasteiger partial charge on any atom is -0.475 e. The normalized spacial score (nSPS) is 15.7. The fourth-order valence-corrected chi connectivity index (χ4v) is 3.73. The molecule has 1 aliphatic carbocycles. The van der Waals surface area contributed by atoms with Gasteiger partial charge in [0.05, 0.1) is 5.69 Å². The predicted octanol–water partition coefficient (Wildman–Crippen LogP) is 3.06. The van der Waals surface area contributed by atoms with E-state index in [0.717, 1.165) is 29.0 Å². The lowest BCUT2D eigenvalue weighted by Gasteiger charge is -2.27. The molecule has 27 heavy (non-hydrogen) atoms. The van der Waals surface area contributed by atoms with Crippen LogP contribution in [0.2, 0.25) is 0 Å². The minimum atomic E-state index is -1.44. The zero-order valence-corrected chi connectivity index (χ0v) is 14.9. The summed E-state index contributed by atoms with van der Waals surface area (Å²) in [5.74, 6) is 3.54. The van der Waals surface area contributed by atoms with Gasteiger partial charge in [-0.05, 0) is 54.9 Å². The summed E-state index contributed by atoms with van der Waals surface area (Å²) in [5.41, 5.74) is 2.69. The number of aliphatic carboxylic acids is 1. The van der Waals surface area contributed by atoms with Crippen LogP contribution in [0.4, 0.5) is 5.69 Å². The van der Waals surface area contributed by atoms with Gasteiger partial charge in [-0.3, -0.25) is 9.59 Å². The van der Waals surface area contributed by atoms with Gasteiger partial charge in [0.1, 0.15) is 0 Å². The molecule has 0 spiro atoms. The molecule has 0 heterocycles. The Morgan fingerprint density at radius 1 is 1.07 bits per heavy atom. The van der Waals surface area contributed by atoms with Gasteiger partial charge in [0.15, 0.2) is 0 Å². The Balaban J connectivity index is 1.73. The zero-order valence-electron chi connectivity index (χ0n) is 14.9. The van der Waals surface area contributed by atoms with Crippen molar-refractivity contribution in [2.75, 3.05) is 5.01 Å². The molecule has 140 valence electrons. The lowest BCUT2D eigenvalue weighted by Crippen LogP contribution is -2.37. The van der Waals surface area contributed by atoms with Crippen LogP contribution in [-0.2, 0) is 16.0 Å². The number of hydrogen-bond acceptors (Lipinski definition) is 4. The van der Waals surface area contributed by atoms with Crippen LogP contribution in [-0.4, -0.2) is 22.8 Å². The number of carboxylic acids is 1. The SMILES string of the molecule is NN(C(=O)CCC1CCCc2c(C(=O)C(=O)O)cccc21)c1ccccc1. The first-order valence-electron chi connectivity index (χ1n) is 9.01. The molecule has 1 atom stereocenters. The Labute approximate surface area is 157 Å². The van der Waals surface area contributed by atoms with E-state index in [9.17, 15) is 14.4 Å². The minimum absolute atomic E-state index is 0.114. The number of nitrogens with zero attached hydrogens (tertiary/aromatic N) is 1. The van der Waals surface area contributed by atoms with Gasteiger partial charge >= 0.3 is 5.97 Å². The molecule has 1 aliphatic rings. The number of carboxylic acid groups (broad SMARTS) is 1. The molecule has 2 aromatic carbocycles. The van der Waals surface area contributed by atoms with Gasteiger partial charge in [-0.15, -0.1) is 0 Å². The van der Waals surface area contributed by atoms with Crippen LogP contribution < -0.4 is 10.9 Å². The van der Waals surface area contributed by atoms with Crippen LogP contribution in [0.25, 0.3) is 0 Å². The number of ketones is 1. The molecule has 0 saturated carbocycles. The highest BCUT2D eigenvalue weighted by molar-refractivity contribution is 6.40. The molecule has 0 radical (unpaired) electrons. The summed E-state index contributed by atoms with van der Waals surface area (Å²) in [6.45, 7) is 0. The number of anilines is 1. The number of amides is 1. The number of carbonyl (C=O) groups is 3. The molecule has 0 fully saturated rings. The third-order valence-corrected chi connectivity index (χ3v) is 5.08. The molecule has 6 heteroatoms. The van der Waals surface area contributed by atoms with Gasteiger partial charge in [-0.25, -0.2) is 15.6 Å². The number of Topliss-reactive ketones (excluding diaryl/α,β-unsaturated/α-hetero) is 1. The average Bonchev–Trinajstić information content (AvgIpc) is 2.70. The van der Waals surface area contributed by atoms with E-state index < -0.39 is 11.8 Å². The molecule has 2 aromatic rings. The van der Waals surface area contributed by atoms with Gasteiger partial charge in [0.25, 0.3) is 5.78 Å². The Morgan fingerprint density at radius 3 is 2.52 bits per heavy atom. The summed E-state index contributed by atoms with van der Waals surface area (Å²) in [6, 6.07) is 14.3. The van der Waals surface area contributed by atoms with Crippen molar-refractivity contribution in [3.05, 3.63) is 65.2 Å². The van der Waals surface area contributed by atoms with Gasteiger partial charge < -0.3 is 5.11 Å². The maximum atomic E-state index is 12.4. The molecule has 0 aromatic heterocycles. The molecular formula is C21H22N2O4. The number of nitrogens with two attached hydrogens (primary N) is 1. The van der Waals surface area contributed by atoms with Crippen molar-refractivity contribution in [3.8, 4) is 0 Å². The van der Waals surface area contributed by atoms with Crippen LogP contribution >= 0.6 is 0 Å². The predicted molar refractivity (Wildman–Crippen MR) is 101 cm³/mol. The van der Waals surface area contributed by atoms with E-state index >= 15 is 0 Å². The third kappa shape index (κ3) is 4.06. The number of fused-ring (bicyclic) bond motifs is 1. The summed E-state index contributed by atoms with van der Waals surface area (Å²) in [6.07, 6.45) is 3.34. The summed E-state index contributed by atoms with van der Waals surface area (Å²) in [4.78, 5) is 35.5. The van der Waals surface area contributed by atoms with Crippen molar-refractivity contribution in [2.45, 2.75) is 38.0 Å². The number of hydrazine groups is 1. The van der Waals surface area contributed by atoms with E-state index in [2.05, 4.69) is 0 Å². The molecule has 0 saturated heterocycles. The number of para-hydroxylation sites is 1. The second-order valence-electron chi connectivity index (χ2n) is 6.73. The summed E-state index contributed by atoms with van der Waals surface area (Å²) in [7, 11) is 0. The van der Waals surface area contributed by atoms with E-state index in [1.165, 1.54) is 0 Å². The standard InChI is InChI=1S/C21H22N2O4/c22-23(15-7-2-1-3-8-15)19(24)13-12-14-6-4-10-17-16(14)9-5-11-18(17)20(25)21(26)27/h1-3,5,7-9,11,14H,4,6,10,12-13,22H2,(H,26,27). The Bertz CT molecular complexity index is 864. The number of carbonyl (C=O) groups excluding carboxylic acids is 2. The fourth-order valence-electron chi connectivity index (χ4n) is 3.73. The Hall–Kier alpha value is -2.99. The van der Waals surface area contributed by atoms with Crippen molar-refractivity contribution >= 4 is 23.3 Å². The van der Waals surface area contributed by atoms with Gasteiger partial charge in [-0.2, -0.15) is 0 Å². The highest BCUT2D eigenvalue weighted by Crippen LogP contribution is 2.36. The molecular weight excluding hydrogens is 344 g/mol. The molecule has 0 aliphatic heterocycles. The summed E-state index contributed by atoms with van der Waals surface area (Å²) < 4.78 is 0. The monoisotopic (exact) mass is 366 g/mol. The fraction of sp³-hybridized carbons (Fsp3) is 0.286. The van der Waals surface area contributed by atoms with E-state index in [0.29, 0.717) is 18.5 Å². The Morgan fingerprint density at radius 2 is 1.81 bits per heavy atom. The highest BCUT2D eigenvalue weighted by Gasteiger charge is 2.27. The van der Waals surface area contributed by atoms with E-state index in [-0.39, 0.29) is 23.8 Å². The molecule has 0 bridgehead atoms. The first-order valence-corrected chi connectivity index (χ1v) is 9.01. The lowest BCUT2D eigenvalue weighted by molar-refractivity contribution is -0.131. The van der Waals surface area contributed by atoms with Crippen molar-refractivity contribution in [1.82, 2.24) is 0 Å². The van der Waals surface area contributed by atoms with E-state index in [1.807, 2.05) is 24.3 Å². The maximum Gasteiger partial charge on any atom is 0.377 e. The molecule has 3 N–H and O–H groups in total. The van der Waals surface area contributed by atoms with Gasteiger partial charge in [-0.1, -0.05) is 36.4 Å². The van der Waals surface area contributed by atoms with Crippen molar-refractivity contribution in [1.29, 1.82) is 0 Å². The van der Waals surface area contributed by atoms with Gasteiger partial charge in [0.2, 0.25) is 5.91 Å². The quantitative estimate of drug-likeness (QED) is 0.269. The second kappa shape index (κ2) is 8.14. The first-order chi connectivity index (χ1) is 13.0. The third-order valence-electron chi connectivity index (χ3n) is 5.08. The summed E-state index contributed by atoms with van der Waals surface area (Å²) in [5, 5.41) is 10.2. The maximum absolute atomic E-state index is 12.4. The second-order valence-corrected chi connectivity index (χ2v) is 6.73. The highest BCUT2D eigenvalue weighted by atomic mass is 16.4. The molecule has 1 unspecified atom stereocenters. The van der Waals surface area contributed by atoms with Crippen molar-refractivity contribution in [3.63, 3.8) is 0 Å². The number of rotatable bonds is 6. The van der Waals surface area contributed by atoms with Crippen LogP contribution in [0.3, 0.4) is 0 Å². The van der Waals surface area contributed by atoms with E-state index in [1.54, 1.807) is 24.3 Å². The lowest BCUT2D eigenvalue weighted by atomic mass is 9.78. The number of benzene rings is 2. The smallest absolute Gasteiger partial charge is 0.377 e. The van der Waals surface area contributed by atoms with Gasteiger partial charge in [0, 0.05) is 12.0 Å².